The lowest BCUT2D eigenvalue weighted by molar-refractivity contribution is -0.144. The summed E-state index contributed by atoms with van der Waals surface area (Å²) in [6, 6.07) is 11.1. The van der Waals surface area contributed by atoms with E-state index in [9.17, 15) is 19.2 Å². The molecule has 0 unspecified atom stereocenters. The molecule has 1 saturated heterocycles. The van der Waals surface area contributed by atoms with Crippen LogP contribution in [0.1, 0.15) is 36.0 Å². The zero-order valence-corrected chi connectivity index (χ0v) is 24.5. The van der Waals surface area contributed by atoms with Crippen LogP contribution in [0.4, 0.5) is 5.69 Å². The lowest BCUT2D eigenvalue weighted by Gasteiger charge is -2.37. The molecule has 0 radical (unpaired) electrons. The number of fused-ring (bicyclic) bond motifs is 1. The molecule has 4 amide bonds. The van der Waals surface area contributed by atoms with Crippen molar-refractivity contribution in [2.24, 2.45) is 5.73 Å². The fourth-order valence-electron chi connectivity index (χ4n) is 5.25. The predicted octanol–water partition coefficient (Wildman–Crippen LogP) is 1.93. The Balaban J connectivity index is 1.45. The maximum absolute atomic E-state index is 13.7. The fraction of sp³-hybridized carbons (Fsp3) is 0.467. The van der Waals surface area contributed by atoms with Gasteiger partial charge in [0.25, 0.3) is 0 Å². The smallest absolute Gasteiger partial charge is 0.246 e. The van der Waals surface area contributed by atoms with Gasteiger partial charge in [0, 0.05) is 62.7 Å². The molecule has 2 aromatic carbocycles. The van der Waals surface area contributed by atoms with Crippen LogP contribution in [0.15, 0.2) is 42.5 Å². The maximum atomic E-state index is 13.7. The van der Waals surface area contributed by atoms with Gasteiger partial charge in [-0.15, -0.1) is 0 Å². The number of nitrogens with zero attached hydrogens (tertiary/aromatic N) is 3. The van der Waals surface area contributed by atoms with Gasteiger partial charge in [0.05, 0.1) is 0 Å². The van der Waals surface area contributed by atoms with Crippen LogP contribution in [0.25, 0.3) is 0 Å². The molecule has 2 aromatic rings. The minimum atomic E-state index is -0.892. The van der Waals surface area contributed by atoms with Crippen molar-refractivity contribution in [1.82, 2.24) is 20.0 Å². The zero-order valence-electron chi connectivity index (χ0n) is 23.7. The molecule has 1 fully saturated rings. The average Bonchev–Trinajstić information content (AvgIpc) is 2.97. The van der Waals surface area contributed by atoms with Crippen molar-refractivity contribution < 1.29 is 19.2 Å². The molecule has 4 rings (SSSR count). The first-order chi connectivity index (χ1) is 19.7. The first kappa shape index (κ1) is 30.5. The van der Waals surface area contributed by atoms with E-state index < -0.39 is 23.9 Å². The van der Waals surface area contributed by atoms with Crippen LogP contribution >= 0.6 is 11.6 Å². The summed E-state index contributed by atoms with van der Waals surface area (Å²) in [5.41, 5.74) is 9.09. The molecule has 4 N–H and O–H groups in total. The highest BCUT2D eigenvalue weighted by atomic mass is 35.5. The highest BCUT2D eigenvalue weighted by molar-refractivity contribution is 6.31. The van der Waals surface area contributed by atoms with Gasteiger partial charge in [0.2, 0.25) is 23.6 Å². The Morgan fingerprint density at radius 1 is 1.00 bits per heavy atom. The lowest BCUT2D eigenvalue weighted by atomic mass is 9.92. The Bertz CT molecular complexity index is 1280. The van der Waals surface area contributed by atoms with Crippen LogP contribution in [-0.4, -0.2) is 90.2 Å². The highest BCUT2D eigenvalue weighted by Gasteiger charge is 2.36. The summed E-state index contributed by atoms with van der Waals surface area (Å²) in [6.07, 6.45) is 0.641. The van der Waals surface area contributed by atoms with E-state index in [0.29, 0.717) is 30.2 Å². The number of carbonyl (C=O) groups is 4. The third kappa shape index (κ3) is 7.84. The van der Waals surface area contributed by atoms with Crippen molar-refractivity contribution in [2.75, 3.05) is 45.1 Å². The number of aryl methyl sites for hydroxylation is 1. The monoisotopic (exact) mass is 582 g/mol. The summed E-state index contributed by atoms with van der Waals surface area (Å²) in [5, 5.41) is 6.25. The summed E-state index contributed by atoms with van der Waals surface area (Å²) in [5.74, 6) is -1.16. The Morgan fingerprint density at radius 3 is 2.37 bits per heavy atom. The van der Waals surface area contributed by atoms with Gasteiger partial charge in [0.1, 0.15) is 12.1 Å². The van der Waals surface area contributed by atoms with Crippen molar-refractivity contribution >= 4 is 40.9 Å². The average molecular weight is 583 g/mol. The van der Waals surface area contributed by atoms with Gasteiger partial charge in [-0.1, -0.05) is 35.9 Å². The molecular formula is C30H39ClN6O4. The SMILES string of the molecule is Cc1cc(NC(=O)[C@H](CCN)NC(=O)[C@@H]2Cc3ccccc3CN2C(=O)CCC(=O)N2CCN(C)CC2)ccc1Cl. The van der Waals surface area contributed by atoms with E-state index in [2.05, 4.69) is 15.5 Å². The first-order valence-electron chi connectivity index (χ1n) is 14.1. The number of rotatable bonds is 9. The number of nitrogens with one attached hydrogen (secondary N) is 2. The quantitative estimate of drug-likeness (QED) is 0.414. The van der Waals surface area contributed by atoms with Crippen LogP contribution in [0.2, 0.25) is 5.02 Å². The van der Waals surface area contributed by atoms with Crippen LogP contribution < -0.4 is 16.4 Å². The van der Waals surface area contributed by atoms with Gasteiger partial charge in [-0.3, -0.25) is 19.2 Å². The van der Waals surface area contributed by atoms with Crippen LogP contribution in [-0.2, 0) is 32.1 Å². The van der Waals surface area contributed by atoms with E-state index in [4.69, 9.17) is 17.3 Å². The molecule has 2 atom stereocenters. The van der Waals surface area contributed by atoms with Gasteiger partial charge < -0.3 is 31.1 Å². The largest absolute Gasteiger partial charge is 0.342 e. The zero-order chi connectivity index (χ0) is 29.5. The number of hydrogen-bond acceptors (Lipinski definition) is 6. The summed E-state index contributed by atoms with van der Waals surface area (Å²) in [4.78, 5) is 58.5. The number of benzene rings is 2. The molecule has 2 aliphatic heterocycles. The van der Waals surface area contributed by atoms with Gasteiger partial charge in [-0.2, -0.15) is 0 Å². The van der Waals surface area contributed by atoms with Gasteiger partial charge >= 0.3 is 0 Å². The summed E-state index contributed by atoms with van der Waals surface area (Å²) < 4.78 is 0. The molecule has 0 aliphatic carbocycles. The normalized spacial score (nSPS) is 17.9. The lowest BCUT2D eigenvalue weighted by Crippen LogP contribution is -2.56. The molecule has 10 nitrogen and oxygen atoms in total. The van der Waals surface area contributed by atoms with E-state index in [1.165, 1.54) is 4.90 Å². The van der Waals surface area contributed by atoms with Crippen molar-refractivity contribution in [1.29, 1.82) is 0 Å². The number of anilines is 1. The second-order valence-corrected chi connectivity index (χ2v) is 11.2. The van der Waals surface area contributed by atoms with Gasteiger partial charge in [0.15, 0.2) is 0 Å². The van der Waals surface area contributed by atoms with E-state index in [1.807, 2.05) is 38.2 Å². The second kappa shape index (κ2) is 13.9. The highest BCUT2D eigenvalue weighted by Crippen LogP contribution is 2.25. The van der Waals surface area contributed by atoms with E-state index in [0.717, 1.165) is 29.8 Å². The minimum Gasteiger partial charge on any atom is -0.342 e. The Labute approximate surface area is 246 Å². The molecule has 2 aliphatic rings. The number of hydrogen-bond donors (Lipinski definition) is 3. The van der Waals surface area contributed by atoms with Gasteiger partial charge in [-0.25, -0.2) is 0 Å². The third-order valence-electron chi connectivity index (χ3n) is 7.79. The Morgan fingerprint density at radius 2 is 1.68 bits per heavy atom. The number of halogens is 1. The van der Waals surface area contributed by atoms with E-state index in [-0.39, 0.29) is 44.2 Å². The van der Waals surface area contributed by atoms with Crippen LogP contribution in [0, 0.1) is 6.92 Å². The number of piperazine rings is 1. The molecule has 2 heterocycles. The number of nitrogens with two attached hydrogens (primary N) is 1. The molecule has 0 bridgehead atoms. The predicted molar refractivity (Wildman–Crippen MR) is 158 cm³/mol. The summed E-state index contributed by atoms with van der Waals surface area (Å²) >= 11 is 6.10. The number of carbonyl (C=O) groups excluding carboxylic acids is 4. The third-order valence-corrected chi connectivity index (χ3v) is 8.22. The Hall–Kier alpha value is -3.47. The molecule has 0 aromatic heterocycles. The molecule has 0 saturated carbocycles. The molecular weight excluding hydrogens is 544 g/mol. The van der Waals surface area contributed by atoms with E-state index >= 15 is 0 Å². The topological polar surface area (TPSA) is 128 Å². The number of amides is 4. The molecule has 41 heavy (non-hydrogen) atoms. The standard InChI is InChI=1S/C30H39ClN6O4/c1-20-17-23(7-8-24(20)31)33-29(40)25(11-12-32)34-30(41)26-18-21-5-3-4-6-22(21)19-37(26)28(39)10-9-27(38)36-15-13-35(2)14-16-36/h3-8,17,25-26H,9-16,18-19,32H2,1-2H3,(H,33,40)(H,34,41)/t25-,26-/m0/s1. The maximum Gasteiger partial charge on any atom is 0.246 e. The van der Waals surface area contributed by atoms with Crippen LogP contribution in [0.3, 0.4) is 0 Å². The molecule has 0 spiro atoms. The number of likely N-dealkylation sites (N-methyl/N-ethyl adjacent to an activating group) is 1. The Kier molecular flexibility index (Phi) is 10.4. The summed E-state index contributed by atoms with van der Waals surface area (Å²) in [7, 11) is 2.02. The van der Waals surface area contributed by atoms with Crippen molar-refractivity contribution in [2.45, 2.75) is 51.2 Å². The van der Waals surface area contributed by atoms with Crippen LogP contribution in [0.5, 0.6) is 0 Å². The minimum absolute atomic E-state index is 0.0136. The van der Waals surface area contributed by atoms with Gasteiger partial charge in [-0.05, 0) is 61.8 Å². The first-order valence-corrected chi connectivity index (χ1v) is 14.4. The van der Waals surface area contributed by atoms with E-state index in [1.54, 1.807) is 23.1 Å². The fourth-order valence-corrected chi connectivity index (χ4v) is 5.36. The molecule has 11 heteroatoms. The van der Waals surface area contributed by atoms with Crippen molar-refractivity contribution in [3.8, 4) is 0 Å². The second-order valence-electron chi connectivity index (χ2n) is 10.8. The summed E-state index contributed by atoms with van der Waals surface area (Å²) in [6.45, 7) is 5.18. The van der Waals surface area contributed by atoms with Crippen molar-refractivity contribution in [3.63, 3.8) is 0 Å². The van der Waals surface area contributed by atoms with Crippen molar-refractivity contribution in [3.05, 3.63) is 64.2 Å². The molecule has 220 valence electrons.